The third-order valence-electron chi connectivity index (χ3n) is 5.08. The van der Waals surface area contributed by atoms with Crippen LogP contribution in [0.25, 0.3) is 0 Å². The summed E-state index contributed by atoms with van der Waals surface area (Å²) in [5, 5.41) is 0.460. The zero-order chi connectivity index (χ0) is 23.9. The molecule has 2 heterocycles. The molecule has 0 atom stereocenters. The van der Waals surface area contributed by atoms with Gasteiger partial charge < -0.3 is 9.72 Å². The number of aromatic nitrogens is 4. The van der Waals surface area contributed by atoms with Crippen molar-refractivity contribution in [2.75, 3.05) is 7.11 Å². The number of hydrogen-bond acceptors (Lipinski definition) is 7. The van der Waals surface area contributed by atoms with Gasteiger partial charge in [0.05, 0.1) is 18.4 Å². The van der Waals surface area contributed by atoms with E-state index in [0.717, 1.165) is 16.7 Å². The summed E-state index contributed by atoms with van der Waals surface area (Å²) in [5.41, 5.74) is 3.79. The molecule has 4 rings (SSSR count). The minimum Gasteiger partial charge on any atom is -0.465 e. The highest BCUT2D eigenvalue weighted by Crippen LogP contribution is 2.22. The van der Waals surface area contributed by atoms with Gasteiger partial charge in [-0.25, -0.2) is 24.1 Å². The van der Waals surface area contributed by atoms with Crippen LogP contribution in [0.5, 0.6) is 0 Å². The summed E-state index contributed by atoms with van der Waals surface area (Å²) >= 11 is 1.36. The molecule has 0 saturated heterocycles. The van der Waals surface area contributed by atoms with Crippen LogP contribution >= 0.6 is 11.8 Å². The van der Waals surface area contributed by atoms with E-state index in [2.05, 4.69) is 15.0 Å². The van der Waals surface area contributed by atoms with E-state index < -0.39 is 5.97 Å². The third kappa shape index (κ3) is 5.93. The zero-order valence-corrected chi connectivity index (χ0v) is 19.1. The van der Waals surface area contributed by atoms with Crippen LogP contribution in [0.1, 0.15) is 38.3 Å². The largest absolute Gasteiger partial charge is 0.465 e. The van der Waals surface area contributed by atoms with Gasteiger partial charge in [-0.1, -0.05) is 36.0 Å². The molecule has 0 aliphatic heterocycles. The smallest absolute Gasteiger partial charge is 0.337 e. The van der Waals surface area contributed by atoms with Gasteiger partial charge in [0.15, 0.2) is 5.16 Å². The number of benzene rings is 2. The number of nitrogens with one attached hydrogen (secondary N) is 1. The molecule has 0 radical (unpaired) electrons. The van der Waals surface area contributed by atoms with Crippen molar-refractivity contribution in [1.82, 2.24) is 19.9 Å². The Morgan fingerprint density at radius 2 is 1.79 bits per heavy atom. The minimum atomic E-state index is -0.432. The molecular weight excluding hydrogens is 455 g/mol. The Hall–Kier alpha value is -3.85. The van der Waals surface area contributed by atoms with Gasteiger partial charge in [0.2, 0.25) is 0 Å². The number of methoxy groups -OCH3 is 1. The first kappa shape index (κ1) is 23.3. The summed E-state index contributed by atoms with van der Waals surface area (Å²) < 4.78 is 18.0. The summed E-state index contributed by atoms with van der Waals surface area (Å²) in [7, 11) is 1.33. The molecule has 0 amide bonds. The molecule has 0 aliphatic carbocycles. The topological polar surface area (TPSA) is 97.8 Å². The number of aromatic amines is 1. The standard InChI is InChI=1S/C25H21FN4O3S/c1-33-24(32)19-4-2-3-17(9-19)11-22-21(10-18-12-27-15-28-13-18)23(31)30-25(29-22)34-14-16-5-7-20(26)8-6-16/h2-9,12-13,15H,10-11,14H2,1H3,(H,29,30,31). The summed E-state index contributed by atoms with van der Waals surface area (Å²) in [5.74, 6) is -0.212. The molecule has 0 saturated carbocycles. The van der Waals surface area contributed by atoms with Gasteiger partial charge in [0.25, 0.3) is 5.56 Å². The van der Waals surface area contributed by atoms with E-state index in [1.807, 2.05) is 6.07 Å². The summed E-state index contributed by atoms with van der Waals surface area (Å²) in [6.07, 6.45) is 5.41. The molecule has 34 heavy (non-hydrogen) atoms. The van der Waals surface area contributed by atoms with Crippen LogP contribution in [0.15, 0.2) is 77.2 Å². The summed E-state index contributed by atoms with van der Waals surface area (Å²) in [4.78, 5) is 40.6. The van der Waals surface area contributed by atoms with Crippen LogP contribution in [0, 0.1) is 5.82 Å². The highest BCUT2D eigenvalue weighted by Gasteiger charge is 2.15. The number of rotatable bonds is 8. The molecule has 172 valence electrons. The van der Waals surface area contributed by atoms with E-state index in [1.54, 1.807) is 42.7 Å². The number of ether oxygens (including phenoxy) is 1. The van der Waals surface area contributed by atoms with E-state index >= 15 is 0 Å². The SMILES string of the molecule is COC(=O)c1cccc(Cc2nc(SCc3ccc(F)cc3)[nH]c(=O)c2Cc2cncnc2)c1. The predicted molar refractivity (Wildman–Crippen MR) is 126 cm³/mol. The highest BCUT2D eigenvalue weighted by atomic mass is 32.2. The Kier molecular flexibility index (Phi) is 7.44. The fraction of sp³-hybridized carbons (Fsp3) is 0.160. The Labute approximate surface area is 199 Å². The number of esters is 1. The Balaban J connectivity index is 1.66. The Morgan fingerprint density at radius 1 is 1.03 bits per heavy atom. The van der Waals surface area contributed by atoms with E-state index in [1.165, 1.54) is 37.3 Å². The van der Waals surface area contributed by atoms with Crippen molar-refractivity contribution in [3.63, 3.8) is 0 Å². The lowest BCUT2D eigenvalue weighted by molar-refractivity contribution is 0.0600. The van der Waals surface area contributed by atoms with Gasteiger partial charge >= 0.3 is 5.97 Å². The first-order chi connectivity index (χ1) is 16.5. The average Bonchev–Trinajstić information content (AvgIpc) is 2.86. The molecule has 0 unspecified atom stereocenters. The van der Waals surface area contributed by atoms with Gasteiger partial charge in [0.1, 0.15) is 12.1 Å². The zero-order valence-electron chi connectivity index (χ0n) is 18.3. The second kappa shape index (κ2) is 10.8. The second-order valence-corrected chi connectivity index (χ2v) is 8.47. The number of thioether (sulfide) groups is 1. The third-order valence-corrected chi connectivity index (χ3v) is 6.03. The Morgan fingerprint density at radius 3 is 2.53 bits per heavy atom. The summed E-state index contributed by atoms with van der Waals surface area (Å²) in [6.45, 7) is 0. The van der Waals surface area contributed by atoms with Crippen molar-refractivity contribution in [3.8, 4) is 0 Å². The normalized spacial score (nSPS) is 10.8. The van der Waals surface area contributed by atoms with Crippen LogP contribution in [0.3, 0.4) is 0 Å². The number of halogens is 1. The van der Waals surface area contributed by atoms with Crippen molar-refractivity contribution in [3.05, 3.63) is 117 Å². The van der Waals surface area contributed by atoms with Crippen LogP contribution in [-0.2, 0) is 23.3 Å². The van der Waals surface area contributed by atoms with Gasteiger partial charge in [0, 0.05) is 36.6 Å². The molecule has 4 aromatic rings. The highest BCUT2D eigenvalue weighted by molar-refractivity contribution is 7.98. The first-order valence-electron chi connectivity index (χ1n) is 10.4. The number of carbonyl (C=O) groups excluding carboxylic acids is 1. The number of carbonyl (C=O) groups is 1. The molecule has 1 N–H and O–H groups in total. The molecule has 0 spiro atoms. The number of H-pyrrole nitrogens is 1. The van der Waals surface area contributed by atoms with E-state index in [4.69, 9.17) is 9.72 Å². The van der Waals surface area contributed by atoms with Crippen molar-refractivity contribution < 1.29 is 13.9 Å². The lowest BCUT2D eigenvalue weighted by Gasteiger charge is -2.11. The van der Waals surface area contributed by atoms with Crippen LogP contribution < -0.4 is 5.56 Å². The molecule has 7 nitrogen and oxygen atoms in total. The van der Waals surface area contributed by atoms with E-state index in [0.29, 0.717) is 40.6 Å². The van der Waals surface area contributed by atoms with Crippen LogP contribution in [-0.4, -0.2) is 33.0 Å². The maximum atomic E-state index is 13.2. The van der Waals surface area contributed by atoms with E-state index in [-0.39, 0.29) is 11.4 Å². The quantitative estimate of drug-likeness (QED) is 0.234. The summed E-state index contributed by atoms with van der Waals surface area (Å²) in [6, 6.07) is 13.2. The van der Waals surface area contributed by atoms with Crippen LogP contribution in [0.4, 0.5) is 4.39 Å². The van der Waals surface area contributed by atoms with Crippen LogP contribution in [0.2, 0.25) is 0 Å². The fourth-order valence-electron chi connectivity index (χ4n) is 3.40. The minimum absolute atomic E-state index is 0.250. The monoisotopic (exact) mass is 476 g/mol. The lowest BCUT2D eigenvalue weighted by Crippen LogP contribution is -2.20. The van der Waals surface area contributed by atoms with E-state index in [9.17, 15) is 14.0 Å². The maximum Gasteiger partial charge on any atom is 0.337 e. The lowest BCUT2D eigenvalue weighted by atomic mass is 10.0. The molecular formula is C25H21FN4O3S. The van der Waals surface area contributed by atoms with Gasteiger partial charge in [-0.2, -0.15) is 0 Å². The molecule has 0 fully saturated rings. The first-order valence-corrected chi connectivity index (χ1v) is 11.4. The molecule has 9 heteroatoms. The molecule has 2 aromatic carbocycles. The molecule has 2 aromatic heterocycles. The fourth-order valence-corrected chi connectivity index (χ4v) is 4.23. The number of nitrogens with zero attached hydrogens (tertiary/aromatic N) is 3. The predicted octanol–water partition coefficient (Wildman–Crippen LogP) is 3.96. The number of hydrogen-bond donors (Lipinski definition) is 1. The van der Waals surface area contributed by atoms with Crippen molar-refractivity contribution in [2.45, 2.75) is 23.8 Å². The maximum absolute atomic E-state index is 13.2. The molecule has 0 bridgehead atoms. The van der Waals surface area contributed by atoms with Crippen molar-refractivity contribution in [2.24, 2.45) is 0 Å². The van der Waals surface area contributed by atoms with Gasteiger partial charge in [-0.05, 0) is 41.0 Å². The Bertz CT molecular complexity index is 1340. The van der Waals surface area contributed by atoms with Gasteiger partial charge in [-0.15, -0.1) is 0 Å². The van der Waals surface area contributed by atoms with Crippen molar-refractivity contribution in [1.29, 1.82) is 0 Å². The molecule has 0 aliphatic rings. The second-order valence-electron chi connectivity index (χ2n) is 7.50. The van der Waals surface area contributed by atoms with Gasteiger partial charge in [-0.3, -0.25) is 4.79 Å². The van der Waals surface area contributed by atoms with Crippen molar-refractivity contribution >= 4 is 17.7 Å². The average molecular weight is 477 g/mol.